The normalized spacial score (nSPS) is 36.1. The van der Waals surface area contributed by atoms with E-state index in [-0.39, 0.29) is 5.60 Å². The molecule has 0 radical (unpaired) electrons. The maximum atomic E-state index is 6.36. The molecule has 0 amide bonds. The summed E-state index contributed by atoms with van der Waals surface area (Å²) in [6.45, 7) is 6.92. The molecule has 18 heavy (non-hydrogen) atoms. The third-order valence-corrected chi connectivity index (χ3v) is 4.93. The fourth-order valence-corrected chi connectivity index (χ4v) is 3.67. The molecule has 0 aromatic heterocycles. The summed E-state index contributed by atoms with van der Waals surface area (Å²) in [4.78, 5) is 0. The molecule has 1 N–H and O–H groups in total. The molecule has 1 rings (SSSR count). The molecule has 1 saturated heterocycles. The van der Waals surface area contributed by atoms with Crippen molar-refractivity contribution in [1.82, 2.24) is 5.32 Å². The molecule has 4 atom stereocenters. The highest BCUT2D eigenvalue weighted by molar-refractivity contribution is 6.11. The van der Waals surface area contributed by atoms with Gasteiger partial charge < -0.3 is 10.1 Å². The van der Waals surface area contributed by atoms with Gasteiger partial charge in [-0.1, -0.05) is 52.9 Å². The van der Waals surface area contributed by atoms with E-state index in [2.05, 4.69) is 41.0 Å². The largest absolute Gasteiger partial charge is 0.379 e. The van der Waals surface area contributed by atoms with E-state index in [1.165, 1.54) is 38.5 Å². The number of ether oxygens (including phenoxy) is 1. The summed E-state index contributed by atoms with van der Waals surface area (Å²) in [6, 6.07) is 0.862. The number of hydrogen-bond donors (Lipinski definition) is 1. The van der Waals surface area contributed by atoms with Crippen LogP contribution in [0.25, 0.3) is 0 Å². The highest BCUT2D eigenvalue weighted by atomic mass is 16.5. The van der Waals surface area contributed by atoms with Gasteiger partial charge in [0, 0.05) is 18.0 Å². The fraction of sp³-hybridized carbons (Fsp3) is 1.00. The fourth-order valence-electron chi connectivity index (χ4n) is 3.67. The summed E-state index contributed by atoms with van der Waals surface area (Å²) in [7, 11) is 4.28. The van der Waals surface area contributed by atoms with Gasteiger partial charge in [-0.05, 0) is 19.9 Å². The molecule has 3 unspecified atom stereocenters. The Labute approximate surface area is 115 Å². The molecular formula is C15H32BNO. The summed E-state index contributed by atoms with van der Waals surface area (Å²) in [5, 5.41) is 3.44. The van der Waals surface area contributed by atoms with Gasteiger partial charge in [0.15, 0.2) is 0 Å². The number of unbranched alkanes of at least 4 members (excludes halogenated alkanes) is 4. The monoisotopic (exact) mass is 253 g/mol. The smallest absolute Gasteiger partial charge is 0.141 e. The predicted octanol–water partition coefficient (Wildman–Crippen LogP) is 2.71. The van der Waals surface area contributed by atoms with Gasteiger partial charge in [0.1, 0.15) is 7.85 Å². The Morgan fingerprint density at radius 3 is 2.33 bits per heavy atom. The maximum Gasteiger partial charge on any atom is 0.141 e. The quantitative estimate of drug-likeness (QED) is 0.530. The molecule has 0 bridgehead atoms. The topological polar surface area (TPSA) is 21.3 Å². The van der Waals surface area contributed by atoms with Crippen molar-refractivity contribution in [3.63, 3.8) is 0 Å². The molecule has 0 saturated carbocycles. The van der Waals surface area contributed by atoms with E-state index in [0.717, 1.165) is 6.42 Å². The second kappa shape index (κ2) is 7.54. The van der Waals surface area contributed by atoms with Gasteiger partial charge in [-0.15, -0.1) is 0 Å². The third kappa shape index (κ3) is 3.51. The first-order valence-corrected chi connectivity index (χ1v) is 7.96. The number of rotatable bonds is 8. The molecular weight excluding hydrogens is 221 g/mol. The maximum absolute atomic E-state index is 6.36. The average molecular weight is 253 g/mol. The van der Waals surface area contributed by atoms with Crippen LogP contribution in [0.5, 0.6) is 0 Å². The lowest BCUT2D eigenvalue weighted by Gasteiger charge is -2.33. The minimum Gasteiger partial charge on any atom is -0.379 e. The van der Waals surface area contributed by atoms with E-state index in [0.29, 0.717) is 18.0 Å². The summed E-state index contributed by atoms with van der Waals surface area (Å²) in [6.07, 6.45) is 9.15. The van der Waals surface area contributed by atoms with Crippen molar-refractivity contribution in [2.45, 2.75) is 83.4 Å². The lowest BCUT2D eigenvalue weighted by atomic mass is 9.77. The van der Waals surface area contributed by atoms with Crippen LogP contribution in [0.1, 0.15) is 65.7 Å². The third-order valence-electron chi connectivity index (χ3n) is 4.93. The Hall–Kier alpha value is -0.0151. The average Bonchev–Trinajstić information content (AvgIpc) is 2.61. The molecule has 1 heterocycles. The van der Waals surface area contributed by atoms with Crippen molar-refractivity contribution in [2.75, 3.05) is 7.05 Å². The molecule has 106 valence electrons. The van der Waals surface area contributed by atoms with Crippen LogP contribution in [0.4, 0.5) is 0 Å². The Kier molecular flexibility index (Phi) is 6.72. The van der Waals surface area contributed by atoms with Crippen LogP contribution in [0.3, 0.4) is 0 Å². The zero-order chi connectivity index (χ0) is 13.6. The van der Waals surface area contributed by atoms with E-state index in [1.807, 2.05) is 0 Å². The summed E-state index contributed by atoms with van der Waals surface area (Å²) < 4.78 is 6.36. The van der Waals surface area contributed by atoms with Crippen molar-refractivity contribution in [1.29, 1.82) is 0 Å². The molecule has 1 aliphatic heterocycles. The first-order valence-electron chi connectivity index (χ1n) is 7.96. The molecule has 0 aliphatic carbocycles. The molecule has 0 aromatic carbocycles. The Morgan fingerprint density at radius 2 is 1.83 bits per heavy atom. The Balaban J connectivity index is 2.48. The van der Waals surface area contributed by atoms with Crippen molar-refractivity contribution in [2.24, 2.45) is 5.92 Å². The van der Waals surface area contributed by atoms with Crippen LogP contribution in [-0.2, 0) is 4.74 Å². The minimum absolute atomic E-state index is 0.124. The number of hydrogen-bond acceptors (Lipinski definition) is 2. The SMILES string of the molecule is BC1O[C@](CC)(CCCCCCC)C(C)C1NC. The van der Waals surface area contributed by atoms with E-state index in [1.54, 1.807) is 0 Å². The van der Waals surface area contributed by atoms with Gasteiger partial charge in [-0.25, -0.2) is 0 Å². The van der Waals surface area contributed by atoms with Crippen LogP contribution in [0.2, 0.25) is 0 Å². The molecule has 1 fully saturated rings. The van der Waals surface area contributed by atoms with E-state index >= 15 is 0 Å². The van der Waals surface area contributed by atoms with Crippen LogP contribution in [-0.4, -0.2) is 32.5 Å². The van der Waals surface area contributed by atoms with Crippen molar-refractivity contribution >= 4 is 7.85 Å². The molecule has 0 aromatic rings. The summed E-state index contributed by atoms with van der Waals surface area (Å²) in [5.74, 6) is 0.619. The van der Waals surface area contributed by atoms with Gasteiger partial charge in [0.2, 0.25) is 0 Å². The van der Waals surface area contributed by atoms with E-state index in [4.69, 9.17) is 4.74 Å². The zero-order valence-electron chi connectivity index (χ0n) is 13.1. The molecule has 2 nitrogen and oxygen atoms in total. The number of likely N-dealkylation sites (N-methyl/N-ethyl adjacent to an activating group) is 1. The van der Waals surface area contributed by atoms with Crippen LogP contribution >= 0.6 is 0 Å². The molecule has 3 heteroatoms. The first kappa shape index (κ1) is 16.0. The van der Waals surface area contributed by atoms with Crippen LogP contribution in [0, 0.1) is 5.92 Å². The highest BCUT2D eigenvalue weighted by Gasteiger charge is 2.48. The van der Waals surface area contributed by atoms with Gasteiger partial charge >= 0.3 is 0 Å². The lowest BCUT2D eigenvalue weighted by molar-refractivity contribution is -0.0423. The van der Waals surface area contributed by atoms with Crippen LogP contribution < -0.4 is 5.32 Å². The van der Waals surface area contributed by atoms with E-state index < -0.39 is 0 Å². The zero-order valence-corrected chi connectivity index (χ0v) is 13.1. The van der Waals surface area contributed by atoms with Crippen molar-refractivity contribution in [3.8, 4) is 0 Å². The standard InChI is InChI=1S/C15H32BNO/c1-5-7-8-9-10-11-15(6-2)12(3)13(17-4)14(16)18-15/h12-14,17H,5-11,16H2,1-4H3/t12?,13?,14?,15-/m1/s1. The second-order valence-corrected chi connectivity index (χ2v) is 6.01. The Bertz CT molecular complexity index is 237. The molecule has 1 aliphatic rings. The van der Waals surface area contributed by atoms with Gasteiger partial charge in [0.05, 0.1) is 5.60 Å². The molecule has 0 spiro atoms. The van der Waals surface area contributed by atoms with Gasteiger partial charge in [0.25, 0.3) is 0 Å². The summed E-state index contributed by atoms with van der Waals surface area (Å²) in [5.41, 5.74) is 0.124. The van der Waals surface area contributed by atoms with Gasteiger partial charge in [-0.3, -0.25) is 0 Å². The van der Waals surface area contributed by atoms with Crippen LogP contribution in [0.15, 0.2) is 0 Å². The highest BCUT2D eigenvalue weighted by Crippen LogP contribution is 2.41. The minimum atomic E-state index is 0.124. The van der Waals surface area contributed by atoms with Crippen molar-refractivity contribution in [3.05, 3.63) is 0 Å². The van der Waals surface area contributed by atoms with E-state index in [9.17, 15) is 0 Å². The first-order chi connectivity index (χ1) is 8.61. The number of nitrogens with one attached hydrogen (secondary N) is 1. The predicted molar refractivity (Wildman–Crippen MR) is 81.8 cm³/mol. The Morgan fingerprint density at radius 1 is 1.17 bits per heavy atom. The summed E-state index contributed by atoms with van der Waals surface area (Å²) >= 11 is 0. The van der Waals surface area contributed by atoms with Crippen molar-refractivity contribution < 1.29 is 4.74 Å². The second-order valence-electron chi connectivity index (χ2n) is 6.01. The lowest BCUT2D eigenvalue weighted by Crippen LogP contribution is -2.41. The van der Waals surface area contributed by atoms with Gasteiger partial charge in [-0.2, -0.15) is 0 Å².